The maximum Gasteiger partial charge on any atom is 0.164 e. The fraction of sp³-hybridized carbons (Fsp3) is 0. The number of benzene rings is 6. The van der Waals surface area contributed by atoms with Crippen molar-refractivity contribution in [3.63, 3.8) is 0 Å². The molecule has 4 heteroatoms. The summed E-state index contributed by atoms with van der Waals surface area (Å²) in [5.41, 5.74) is 8.86. The van der Waals surface area contributed by atoms with Crippen molar-refractivity contribution in [1.29, 1.82) is 0 Å². The Morgan fingerprint density at radius 3 is 1.47 bits per heavy atom. The van der Waals surface area contributed by atoms with E-state index in [1.807, 2.05) is 78.9 Å². The van der Waals surface area contributed by atoms with Crippen LogP contribution in [0.1, 0.15) is 0 Å². The molecule has 8 aromatic rings. The predicted octanol–water partition coefficient (Wildman–Crippen LogP) is 10.1. The first kappa shape index (κ1) is 24.9. The molecule has 0 radical (unpaired) electrons. The van der Waals surface area contributed by atoms with Crippen molar-refractivity contribution in [3.05, 3.63) is 152 Å². The van der Waals surface area contributed by atoms with Gasteiger partial charge in [-0.3, -0.25) is 0 Å². The quantitative estimate of drug-likeness (QED) is 0.214. The van der Waals surface area contributed by atoms with Gasteiger partial charge in [0.2, 0.25) is 0 Å². The lowest BCUT2D eigenvalue weighted by Crippen LogP contribution is -2.00. The zero-order valence-electron chi connectivity index (χ0n) is 23.2. The Balaban J connectivity index is 1.42. The van der Waals surface area contributed by atoms with Crippen LogP contribution in [-0.2, 0) is 0 Å². The summed E-state index contributed by atoms with van der Waals surface area (Å²) in [5, 5.41) is 2.15. The molecule has 0 fully saturated rings. The third kappa shape index (κ3) is 4.55. The number of fused-ring (bicyclic) bond motifs is 3. The molecule has 0 saturated heterocycles. The first-order valence-corrected chi connectivity index (χ1v) is 14.3. The average molecular weight is 552 g/mol. The maximum atomic E-state index is 6.48. The topological polar surface area (TPSA) is 51.8 Å². The summed E-state index contributed by atoms with van der Waals surface area (Å²) in [7, 11) is 0. The third-order valence-corrected chi connectivity index (χ3v) is 7.74. The Bertz CT molecular complexity index is 2170. The zero-order chi connectivity index (χ0) is 28.6. The van der Waals surface area contributed by atoms with Crippen LogP contribution in [0.25, 0.3) is 78.4 Å². The molecule has 0 aliphatic rings. The summed E-state index contributed by atoms with van der Waals surface area (Å²) in [4.78, 5) is 14.9. The molecule has 2 heterocycles. The van der Waals surface area contributed by atoms with Crippen LogP contribution in [0.4, 0.5) is 0 Å². The molecule has 0 unspecified atom stereocenters. The van der Waals surface area contributed by atoms with Crippen LogP contribution < -0.4 is 0 Å². The molecule has 0 N–H and O–H groups in total. The van der Waals surface area contributed by atoms with Crippen molar-refractivity contribution in [2.24, 2.45) is 0 Å². The van der Waals surface area contributed by atoms with Gasteiger partial charge in [-0.25, -0.2) is 15.0 Å². The van der Waals surface area contributed by atoms with Gasteiger partial charge in [-0.1, -0.05) is 133 Å². The minimum absolute atomic E-state index is 0.591. The smallest absolute Gasteiger partial charge is 0.164 e. The van der Waals surface area contributed by atoms with Crippen LogP contribution in [0.5, 0.6) is 0 Å². The normalized spacial score (nSPS) is 11.3. The van der Waals surface area contributed by atoms with Crippen molar-refractivity contribution in [2.75, 3.05) is 0 Å². The zero-order valence-corrected chi connectivity index (χ0v) is 23.2. The van der Waals surface area contributed by atoms with E-state index in [-0.39, 0.29) is 0 Å². The van der Waals surface area contributed by atoms with Gasteiger partial charge < -0.3 is 4.42 Å². The molecule has 0 atom stereocenters. The second-order valence-electron chi connectivity index (χ2n) is 10.4. The Hall–Kier alpha value is -5.87. The lowest BCUT2D eigenvalue weighted by atomic mass is 9.90. The van der Waals surface area contributed by atoms with Gasteiger partial charge in [0.15, 0.2) is 17.5 Å². The number of nitrogens with zero attached hydrogens (tertiary/aromatic N) is 3. The number of para-hydroxylation sites is 1. The molecule has 0 amide bonds. The Labute approximate surface area is 249 Å². The monoisotopic (exact) mass is 551 g/mol. The van der Waals surface area contributed by atoms with Crippen LogP contribution in [0.3, 0.4) is 0 Å². The van der Waals surface area contributed by atoms with Gasteiger partial charge in [0.05, 0.1) is 0 Å². The largest absolute Gasteiger partial charge is 0.456 e. The second kappa shape index (κ2) is 10.5. The second-order valence-corrected chi connectivity index (χ2v) is 10.4. The van der Waals surface area contributed by atoms with E-state index in [1.165, 1.54) is 0 Å². The first-order chi connectivity index (χ1) is 21.3. The first-order valence-electron chi connectivity index (χ1n) is 14.3. The van der Waals surface area contributed by atoms with E-state index in [0.717, 1.165) is 60.9 Å². The number of aromatic nitrogens is 3. The van der Waals surface area contributed by atoms with Gasteiger partial charge in [0.25, 0.3) is 0 Å². The van der Waals surface area contributed by atoms with Crippen LogP contribution in [0.15, 0.2) is 156 Å². The maximum absolute atomic E-state index is 6.48. The lowest BCUT2D eigenvalue weighted by Gasteiger charge is -2.14. The average Bonchev–Trinajstić information content (AvgIpc) is 3.47. The SMILES string of the molecule is c1ccc(-c2nc(-c3ccccc3)nc(-c3cc(-c4ccccc4-c4ccccc4)c4c(c3)oc3ccccc34)n2)cc1. The molecule has 8 rings (SSSR count). The summed E-state index contributed by atoms with van der Waals surface area (Å²) in [6.45, 7) is 0. The Kier molecular flexibility index (Phi) is 6.08. The predicted molar refractivity (Wildman–Crippen MR) is 174 cm³/mol. The molecule has 0 saturated carbocycles. The van der Waals surface area contributed by atoms with Crippen molar-refractivity contribution in [3.8, 4) is 56.4 Å². The van der Waals surface area contributed by atoms with E-state index in [4.69, 9.17) is 19.4 Å². The van der Waals surface area contributed by atoms with E-state index < -0.39 is 0 Å². The summed E-state index contributed by atoms with van der Waals surface area (Å²) < 4.78 is 6.48. The number of hydrogen-bond acceptors (Lipinski definition) is 4. The Morgan fingerprint density at radius 1 is 0.349 bits per heavy atom. The highest BCUT2D eigenvalue weighted by atomic mass is 16.3. The summed E-state index contributed by atoms with van der Waals surface area (Å²) in [6.07, 6.45) is 0. The fourth-order valence-electron chi connectivity index (χ4n) is 5.72. The molecule has 0 aliphatic heterocycles. The molecule has 0 bridgehead atoms. The minimum Gasteiger partial charge on any atom is -0.456 e. The van der Waals surface area contributed by atoms with Crippen LogP contribution in [0, 0.1) is 0 Å². The lowest BCUT2D eigenvalue weighted by molar-refractivity contribution is 0.669. The molecular weight excluding hydrogens is 526 g/mol. The van der Waals surface area contributed by atoms with Gasteiger partial charge in [-0.2, -0.15) is 0 Å². The van der Waals surface area contributed by atoms with Gasteiger partial charge in [-0.05, 0) is 40.5 Å². The van der Waals surface area contributed by atoms with Gasteiger partial charge in [-0.15, -0.1) is 0 Å². The Morgan fingerprint density at radius 2 is 0.837 bits per heavy atom. The van der Waals surface area contributed by atoms with Crippen LogP contribution in [-0.4, -0.2) is 15.0 Å². The van der Waals surface area contributed by atoms with Crippen molar-refractivity contribution < 1.29 is 4.42 Å². The minimum atomic E-state index is 0.591. The molecule has 202 valence electrons. The van der Waals surface area contributed by atoms with E-state index in [0.29, 0.717) is 17.5 Å². The fourth-order valence-corrected chi connectivity index (χ4v) is 5.72. The van der Waals surface area contributed by atoms with Crippen LogP contribution in [0.2, 0.25) is 0 Å². The number of hydrogen-bond donors (Lipinski definition) is 0. The molecular formula is C39H25N3O. The van der Waals surface area contributed by atoms with Crippen molar-refractivity contribution >= 4 is 21.9 Å². The molecule has 2 aromatic heterocycles. The van der Waals surface area contributed by atoms with Gasteiger partial charge >= 0.3 is 0 Å². The highest BCUT2D eigenvalue weighted by Crippen LogP contribution is 2.42. The third-order valence-electron chi connectivity index (χ3n) is 7.74. The molecule has 4 nitrogen and oxygen atoms in total. The van der Waals surface area contributed by atoms with E-state index in [1.54, 1.807) is 0 Å². The summed E-state index contributed by atoms with van der Waals surface area (Å²) in [5.74, 6) is 1.84. The van der Waals surface area contributed by atoms with Crippen molar-refractivity contribution in [2.45, 2.75) is 0 Å². The van der Waals surface area contributed by atoms with Crippen LogP contribution >= 0.6 is 0 Å². The highest BCUT2D eigenvalue weighted by molar-refractivity contribution is 6.14. The van der Waals surface area contributed by atoms with E-state index in [9.17, 15) is 0 Å². The highest BCUT2D eigenvalue weighted by Gasteiger charge is 2.20. The number of rotatable bonds is 5. The van der Waals surface area contributed by atoms with Gasteiger partial charge in [0.1, 0.15) is 11.2 Å². The number of furan rings is 1. The van der Waals surface area contributed by atoms with E-state index in [2.05, 4.69) is 72.8 Å². The standard InChI is InChI=1S/C39H25N3O/c1-4-14-26(15-5-1)30-20-10-11-21-31(30)33-24-29(25-35-36(33)32-22-12-13-23-34(32)43-35)39-41-37(27-16-6-2-7-17-27)40-38(42-39)28-18-8-3-9-19-28/h1-25H. The molecule has 6 aromatic carbocycles. The molecule has 43 heavy (non-hydrogen) atoms. The summed E-state index contributed by atoms with van der Waals surface area (Å²) >= 11 is 0. The molecule has 0 spiro atoms. The van der Waals surface area contributed by atoms with E-state index >= 15 is 0 Å². The van der Waals surface area contributed by atoms with Gasteiger partial charge in [0, 0.05) is 27.5 Å². The summed E-state index contributed by atoms with van der Waals surface area (Å²) in [6, 6.07) is 51.6. The van der Waals surface area contributed by atoms with Crippen molar-refractivity contribution in [1.82, 2.24) is 15.0 Å². The molecule has 0 aliphatic carbocycles.